The first-order valence-electron chi connectivity index (χ1n) is 7.58. The molecule has 1 atom stereocenters. The maximum atomic E-state index is 12.4. The summed E-state index contributed by atoms with van der Waals surface area (Å²) in [6.07, 6.45) is 0. The average molecular weight is 358 g/mol. The summed E-state index contributed by atoms with van der Waals surface area (Å²) in [5, 5.41) is 11.2. The predicted molar refractivity (Wildman–Crippen MR) is 94.5 cm³/mol. The van der Waals surface area contributed by atoms with Gasteiger partial charge < -0.3 is 14.7 Å². The minimum absolute atomic E-state index is 0.0555. The minimum atomic E-state index is -0.712. The molecule has 0 bridgehead atoms. The van der Waals surface area contributed by atoms with Gasteiger partial charge >= 0.3 is 0 Å². The van der Waals surface area contributed by atoms with Crippen LogP contribution in [-0.4, -0.2) is 35.9 Å². The smallest absolute Gasteiger partial charge is 0.295 e. The number of likely N-dealkylation sites (N-methyl/N-ethyl adjacent to an activating group) is 1. The Labute approximate surface area is 150 Å². The van der Waals surface area contributed by atoms with Crippen molar-refractivity contribution >= 4 is 29.1 Å². The van der Waals surface area contributed by atoms with Gasteiger partial charge in [-0.1, -0.05) is 23.7 Å². The molecule has 128 valence electrons. The van der Waals surface area contributed by atoms with E-state index in [1.54, 1.807) is 55.6 Å². The zero-order valence-corrected chi connectivity index (χ0v) is 14.4. The van der Waals surface area contributed by atoms with Crippen LogP contribution in [0, 0.1) is 0 Å². The molecule has 25 heavy (non-hydrogen) atoms. The molecule has 1 N–H and O–H groups in total. The number of halogens is 1. The maximum Gasteiger partial charge on any atom is 0.295 e. The summed E-state index contributed by atoms with van der Waals surface area (Å²) >= 11 is 5.87. The molecule has 0 aliphatic carbocycles. The Bertz CT molecular complexity index is 856. The topological polar surface area (TPSA) is 66.8 Å². The molecule has 3 rings (SSSR count). The molecule has 0 radical (unpaired) electrons. The number of hydrogen-bond acceptors (Lipinski definition) is 4. The predicted octanol–water partition coefficient (Wildman–Crippen LogP) is 3.40. The number of rotatable bonds is 3. The quantitative estimate of drug-likeness (QED) is 0.519. The standard InChI is InChI=1S/C19H16ClNO4/c1-21-16(11-5-9-14(25-2)10-6-11)15(18(23)19(21)24)17(22)12-3-7-13(20)8-4-12/h3-10,16,22H,1-2H3/b17-15+/t16-/m0/s1. The van der Waals surface area contributed by atoms with Crippen molar-refractivity contribution in [1.82, 2.24) is 4.90 Å². The Morgan fingerprint density at radius 1 is 1.08 bits per heavy atom. The van der Waals surface area contributed by atoms with Gasteiger partial charge in [0.25, 0.3) is 11.7 Å². The zero-order chi connectivity index (χ0) is 18.1. The van der Waals surface area contributed by atoms with Crippen molar-refractivity contribution < 1.29 is 19.4 Å². The first kappa shape index (κ1) is 17.0. The van der Waals surface area contributed by atoms with Crippen LogP contribution >= 0.6 is 11.6 Å². The number of methoxy groups -OCH3 is 1. The second kappa shape index (κ2) is 6.61. The fourth-order valence-electron chi connectivity index (χ4n) is 2.89. The van der Waals surface area contributed by atoms with Crippen molar-refractivity contribution in [3.63, 3.8) is 0 Å². The molecule has 0 spiro atoms. The highest BCUT2D eigenvalue weighted by molar-refractivity contribution is 6.46. The number of carbonyl (C=O) groups excluding carboxylic acids is 2. The van der Waals surface area contributed by atoms with Crippen LogP contribution in [0.2, 0.25) is 5.02 Å². The molecule has 1 heterocycles. The van der Waals surface area contributed by atoms with Crippen molar-refractivity contribution in [2.24, 2.45) is 0 Å². The molecule has 0 saturated carbocycles. The van der Waals surface area contributed by atoms with E-state index in [1.807, 2.05) is 0 Å². The summed E-state index contributed by atoms with van der Waals surface area (Å²) in [7, 11) is 3.10. The van der Waals surface area contributed by atoms with Gasteiger partial charge in [-0.05, 0) is 42.0 Å². The number of likely N-dealkylation sites (tertiary alicyclic amines) is 1. The highest BCUT2D eigenvalue weighted by atomic mass is 35.5. The number of amides is 1. The Balaban J connectivity index is 2.13. The third-order valence-electron chi connectivity index (χ3n) is 4.22. The SMILES string of the molecule is COc1ccc([C@H]2/C(=C(\O)c3ccc(Cl)cc3)C(=O)C(=O)N2C)cc1. The fourth-order valence-corrected chi connectivity index (χ4v) is 3.01. The Hall–Kier alpha value is -2.79. The van der Waals surface area contributed by atoms with Crippen LogP contribution < -0.4 is 4.74 Å². The minimum Gasteiger partial charge on any atom is -0.507 e. The van der Waals surface area contributed by atoms with E-state index >= 15 is 0 Å². The van der Waals surface area contributed by atoms with Gasteiger partial charge in [0.05, 0.1) is 18.7 Å². The second-order valence-electron chi connectivity index (χ2n) is 5.69. The van der Waals surface area contributed by atoms with Crippen molar-refractivity contribution in [2.75, 3.05) is 14.2 Å². The first-order valence-corrected chi connectivity index (χ1v) is 7.96. The summed E-state index contributed by atoms with van der Waals surface area (Å²) < 4.78 is 5.13. The van der Waals surface area contributed by atoms with Gasteiger partial charge in [0.15, 0.2) is 0 Å². The molecule has 1 aliphatic rings. The van der Waals surface area contributed by atoms with Crippen LogP contribution in [-0.2, 0) is 9.59 Å². The number of ketones is 1. The number of nitrogens with zero attached hydrogens (tertiary/aromatic N) is 1. The maximum absolute atomic E-state index is 12.4. The highest BCUT2D eigenvalue weighted by Gasteiger charge is 2.44. The third kappa shape index (κ3) is 2.98. The van der Waals surface area contributed by atoms with E-state index in [1.165, 1.54) is 11.9 Å². The molecule has 6 heteroatoms. The lowest BCUT2D eigenvalue weighted by molar-refractivity contribution is -0.139. The highest BCUT2D eigenvalue weighted by Crippen LogP contribution is 2.38. The van der Waals surface area contributed by atoms with Gasteiger partial charge in [0.1, 0.15) is 11.5 Å². The normalized spacial score (nSPS) is 19.3. The molecule has 2 aromatic rings. The molecule has 0 unspecified atom stereocenters. The second-order valence-corrected chi connectivity index (χ2v) is 6.13. The van der Waals surface area contributed by atoms with Gasteiger partial charge in [-0.25, -0.2) is 0 Å². The molecular formula is C19H16ClNO4. The van der Waals surface area contributed by atoms with Gasteiger partial charge in [0, 0.05) is 17.6 Å². The van der Waals surface area contributed by atoms with Crippen LogP contribution in [0.1, 0.15) is 17.2 Å². The number of Topliss-reactive ketones (excluding diaryl/α,β-unsaturated/α-hetero) is 1. The molecule has 1 aliphatic heterocycles. The summed E-state index contributed by atoms with van der Waals surface area (Å²) in [5.41, 5.74) is 1.19. The van der Waals surface area contributed by atoms with Crippen LogP contribution in [0.4, 0.5) is 0 Å². The number of carbonyl (C=O) groups is 2. The Morgan fingerprint density at radius 2 is 1.68 bits per heavy atom. The van der Waals surface area contributed by atoms with E-state index in [2.05, 4.69) is 0 Å². The molecule has 0 aromatic heterocycles. The third-order valence-corrected chi connectivity index (χ3v) is 4.48. The van der Waals surface area contributed by atoms with E-state index in [0.29, 0.717) is 21.9 Å². The largest absolute Gasteiger partial charge is 0.507 e. The van der Waals surface area contributed by atoms with Gasteiger partial charge in [-0.2, -0.15) is 0 Å². The molecule has 1 saturated heterocycles. The van der Waals surface area contributed by atoms with Crippen LogP contribution in [0.3, 0.4) is 0 Å². The van der Waals surface area contributed by atoms with Gasteiger partial charge in [-0.3, -0.25) is 9.59 Å². The van der Waals surface area contributed by atoms with Crippen molar-refractivity contribution in [3.05, 3.63) is 70.3 Å². The molecule has 1 fully saturated rings. The molecular weight excluding hydrogens is 342 g/mol. The molecule has 5 nitrogen and oxygen atoms in total. The number of ether oxygens (including phenoxy) is 1. The average Bonchev–Trinajstić information content (AvgIpc) is 2.86. The number of benzene rings is 2. The Morgan fingerprint density at radius 3 is 2.24 bits per heavy atom. The van der Waals surface area contributed by atoms with Gasteiger partial charge in [-0.15, -0.1) is 0 Å². The number of aliphatic hydroxyl groups excluding tert-OH is 1. The van der Waals surface area contributed by atoms with Crippen LogP contribution in [0.25, 0.3) is 5.76 Å². The lowest BCUT2D eigenvalue weighted by Gasteiger charge is -2.21. The summed E-state index contributed by atoms with van der Waals surface area (Å²) in [6, 6.07) is 12.8. The number of aliphatic hydroxyl groups is 1. The van der Waals surface area contributed by atoms with E-state index in [4.69, 9.17) is 16.3 Å². The van der Waals surface area contributed by atoms with Crippen LogP contribution in [0.5, 0.6) is 5.75 Å². The molecule has 1 amide bonds. The van der Waals surface area contributed by atoms with Crippen LogP contribution in [0.15, 0.2) is 54.1 Å². The summed E-state index contributed by atoms with van der Waals surface area (Å²) in [6.45, 7) is 0. The lowest BCUT2D eigenvalue weighted by Crippen LogP contribution is -2.24. The van der Waals surface area contributed by atoms with Crippen molar-refractivity contribution in [3.8, 4) is 5.75 Å². The van der Waals surface area contributed by atoms with Crippen molar-refractivity contribution in [2.45, 2.75) is 6.04 Å². The Kier molecular flexibility index (Phi) is 4.51. The van der Waals surface area contributed by atoms with E-state index < -0.39 is 17.7 Å². The first-order chi connectivity index (χ1) is 11.9. The lowest BCUT2D eigenvalue weighted by atomic mass is 9.95. The van der Waals surface area contributed by atoms with E-state index in [0.717, 1.165) is 0 Å². The summed E-state index contributed by atoms with van der Waals surface area (Å²) in [4.78, 5) is 26.0. The van der Waals surface area contributed by atoms with Crippen molar-refractivity contribution in [1.29, 1.82) is 0 Å². The monoisotopic (exact) mass is 357 g/mol. The van der Waals surface area contributed by atoms with Gasteiger partial charge in [0.2, 0.25) is 0 Å². The number of hydrogen-bond donors (Lipinski definition) is 1. The zero-order valence-electron chi connectivity index (χ0n) is 13.7. The summed E-state index contributed by atoms with van der Waals surface area (Å²) in [5.74, 6) is -0.929. The van der Waals surface area contributed by atoms with E-state index in [-0.39, 0.29) is 11.3 Å². The fraction of sp³-hybridized carbons (Fsp3) is 0.158. The molecule has 2 aromatic carbocycles. The van der Waals surface area contributed by atoms with E-state index in [9.17, 15) is 14.7 Å².